The summed E-state index contributed by atoms with van der Waals surface area (Å²) >= 11 is 3.41. The minimum Gasteiger partial charge on any atom is -0.348 e. The Morgan fingerprint density at radius 2 is 1.67 bits per heavy atom. The summed E-state index contributed by atoms with van der Waals surface area (Å²) in [6.07, 6.45) is 1.53. The first kappa shape index (κ1) is 19.8. The van der Waals surface area contributed by atoms with Crippen molar-refractivity contribution < 1.29 is 4.79 Å². The normalized spacial score (nSPS) is 10.4. The molecule has 0 aliphatic carbocycles. The van der Waals surface area contributed by atoms with Gasteiger partial charge >= 0.3 is 0 Å². The van der Waals surface area contributed by atoms with Crippen molar-refractivity contribution in [2.24, 2.45) is 0 Å². The number of amides is 1. The van der Waals surface area contributed by atoms with Gasteiger partial charge in [-0.05, 0) is 35.9 Å². The molecule has 4 aromatic rings. The van der Waals surface area contributed by atoms with Gasteiger partial charge in [0, 0.05) is 33.9 Å². The van der Waals surface area contributed by atoms with Crippen LogP contribution in [0.4, 0.5) is 11.5 Å². The van der Waals surface area contributed by atoms with Gasteiger partial charge in [0.1, 0.15) is 12.1 Å². The van der Waals surface area contributed by atoms with Crippen LogP contribution in [0, 0.1) is 0 Å². The molecule has 2 N–H and O–H groups in total. The van der Waals surface area contributed by atoms with E-state index in [1.807, 2.05) is 72.8 Å². The molecule has 0 radical (unpaired) electrons. The van der Waals surface area contributed by atoms with Crippen molar-refractivity contribution >= 4 is 33.3 Å². The molecule has 0 saturated heterocycles. The van der Waals surface area contributed by atoms with E-state index in [2.05, 4.69) is 36.5 Å². The molecule has 1 aromatic heterocycles. The number of halogens is 1. The number of nitrogens with one attached hydrogen (secondary N) is 2. The maximum Gasteiger partial charge on any atom is 0.251 e. The lowest BCUT2D eigenvalue weighted by Gasteiger charge is -2.10. The fourth-order valence-electron chi connectivity index (χ4n) is 2.97. The summed E-state index contributed by atoms with van der Waals surface area (Å²) in [5, 5.41) is 6.20. The monoisotopic (exact) mass is 458 g/mol. The summed E-state index contributed by atoms with van der Waals surface area (Å²) in [5.41, 5.74) is 4.24. The summed E-state index contributed by atoms with van der Waals surface area (Å²) in [6, 6.07) is 27.0. The van der Waals surface area contributed by atoms with Crippen LogP contribution in [-0.2, 0) is 6.54 Å². The largest absolute Gasteiger partial charge is 0.348 e. The van der Waals surface area contributed by atoms with E-state index in [0.29, 0.717) is 17.9 Å². The van der Waals surface area contributed by atoms with Gasteiger partial charge in [0.15, 0.2) is 0 Å². The number of carbonyl (C=O) groups is 1. The van der Waals surface area contributed by atoms with E-state index in [-0.39, 0.29) is 5.91 Å². The summed E-state index contributed by atoms with van der Waals surface area (Å²) in [5.74, 6) is 0.533. The molecule has 3 aromatic carbocycles. The Kier molecular flexibility index (Phi) is 6.15. The number of carbonyl (C=O) groups excluding carboxylic acids is 1. The van der Waals surface area contributed by atoms with E-state index in [9.17, 15) is 4.79 Å². The summed E-state index contributed by atoms with van der Waals surface area (Å²) < 4.78 is 1.01. The molecule has 0 fully saturated rings. The molecule has 30 heavy (non-hydrogen) atoms. The van der Waals surface area contributed by atoms with Gasteiger partial charge in [-0.25, -0.2) is 9.97 Å². The van der Waals surface area contributed by atoms with Crippen LogP contribution < -0.4 is 10.6 Å². The lowest BCUT2D eigenvalue weighted by molar-refractivity contribution is 0.0951. The minimum atomic E-state index is -0.130. The molecule has 0 unspecified atom stereocenters. The van der Waals surface area contributed by atoms with Crippen molar-refractivity contribution in [3.05, 3.63) is 107 Å². The third-order valence-corrected chi connectivity index (χ3v) is 5.03. The highest BCUT2D eigenvalue weighted by Crippen LogP contribution is 2.21. The van der Waals surface area contributed by atoms with Gasteiger partial charge in [0.2, 0.25) is 0 Å². The van der Waals surface area contributed by atoms with E-state index in [1.54, 1.807) is 12.1 Å². The second kappa shape index (κ2) is 9.33. The van der Waals surface area contributed by atoms with Crippen LogP contribution in [0.1, 0.15) is 15.9 Å². The van der Waals surface area contributed by atoms with Crippen LogP contribution in [0.3, 0.4) is 0 Å². The van der Waals surface area contributed by atoms with Crippen LogP contribution in [0.5, 0.6) is 0 Å². The van der Waals surface area contributed by atoms with Crippen molar-refractivity contribution in [2.75, 3.05) is 5.32 Å². The standard InChI is InChI=1S/C24H19BrN4O/c25-20-11-9-17(10-12-20)15-26-24(30)19-7-4-8-21(13-19)29-23-14-22(27-16-28-23)18-5-2-1-3-6-18/h1-14,16H,15H2,(H,26,30)(H,27,28,29). The van der Waals surface area contributed by atoms with Gasteiger partial charge in [-0.1, -0.05) is 64.5 Å². The van der Waals surface area contributed by atoms with Crippen LogP contribution in [0.25, 0.3) is 11.3 Å². The molecule has 0 aliphatic rings. The molecule has 4 rings (SSSR count). The second-order valence-corrected chi connectivity index (χ2v) is 7.59. The number of aromatic nitrogens is 2. The average Bonchev–Trinajstić information content (AvgIpc) is 2.79. The van der Waals surface area contributed by atoms with E-state index in [4.69, 9.17) is 0 Å². The maximum absolute atomic E-state index is 12.6. The van der Waals surface area contributed by atoms with Crippen molar-refractivity contribution in [3.8, 4) is 11.3 Å². The molecule has 0 spiro atoms. The Balaban J connectivity index is 1.44. The summed E-state index contributed by atoms with van der Waals surface area (Å²) in [7, 11) is 0. The third-order valence-electron chi connectivity index (χ3n) is 4.50. The molecule has 1 amide bonds. The van der Waals surface area contributed by atoms with Crippen LogP contribution >= 0.6 is 15.9 Å². The second-order valence-electron chi connectivity index (χ2n) is 6.67. The molecular formula is C24H19BrN4O. The van der Waals surface area contributed by atoms with Gasteiger partial charge in [-0.15, -0.1) is 0 Å². The molecule has 0 atom stereocenters. The molecular weight excluding hydrogens is 440 g/mol. The van der Waals surface area contributed by atoms with Crippen molar-refractivity contribution in [3.63, 3.8) is 0 Å². The van der Waals surface area contributed by atoms with Crippen molar-refractivity contribution in [1.82, 2.24) is 15.3 Å². The van der Waals surface area contributed by atoms with E-state index >= 15 is 0 Å². The Morgan fingerprint density at radius 1 is 0.867 bits per heavy atom. The van der Waals surface area contributed by atoms with E-state index in [0.717, 1.165) is 27.0 Å². The number of anilines is 2. The van der Waals surface area contributed by atoms with Crippen LogP contribution in [-0.4, -0.2) is 15.9 Å². The molecule has 0 bridgehead atoms. The Bertz CT molecular complexity index is 1150. The fourth-order valence-corrected chi connectivity index (χ4v) is 3.23. The number of benzene rings is 3. The molecule has 0 saturated carbocycles. The maximum atomic E-state index is 12.6. The summed E-state index contributed by atoms with van der Waals surface area (Å²) in [4.78, 5) is 21.2. The highest BCUT2D eigenvalue weighted by Gasteiger charge is 2.08. The van der Waals surface area contributed by atoms with Crippen LogP contribution in [0.2, 0.25) is 0 Å². The van der Waals surface area contributed by atoms with Crippen molar-refractivity contribution in [1.29, 1.82) is 0 Å². The lowest BCUT2D eigenvalue weighted by atomic mass is 10.1. The first-order valence-electron chi connectivity index (χ1n) is 9.44. The predicted molar refractivity (Wildman–Crippen MR) is 123 cm³/mol. The van der Waals surface area contributed by atoms with Crippen LogP contribution in [0.15, 0.2) is 95.7 Å². The Morgan fingerprint density at radius 3 is 2.47 bits per heavy atom. The zero-order valence-electron chi connectivity index (χ0n) is 16.0. The molecule has 5 nitrogen and oxygen atoms in total. The quantitative estimate of drug-likeness (QED) is 0.395. The topological polar surface area (TPSA) is 66.9 Å². The van der Waals surface area contributed by atoms with Gasteiger partial charge in [-0.3, -0.25) is 4.79 Å². The SMILES string of the molecule is O=C(NCc1ccc(Br)cc1)c1cccc(Nc2cc(-c3ccccc3)ncn2)c1. The first-order valence-corrected chi connectivity index (χ1v) is 10.2. The first-order chi connectivity index (χ1) is 14.7. The van der Waals surface area contributed by atoms with Crippen molar-refractivity contribution in [2.45, 2.75) is 6.54 Å². The smallest absolute Gasteiger partial charge is 0.251 e. The third kappa shape index (κ3) is 5.10. The summed E-state index contributed by atoms with van der Waals surface area (Å²) in [6.45, 7) is 0.468. The molecule has 148 valence electrons. The number of rotatable bonds is 6. The van der Waals surface area contributed by atoms with E-state index < -0.39 is 0 Å². The number of nitrogens with zero attached hydrogens (tertiary/aromatic N) is 2. The molecule has 0 aliphatic heterocycles. The highest BCUT2D eigenvalue weighted by atomic mass is 79.9. The lowest BCUT2D eigenvalue weighted by Crippen LogP contribution is -2.22. The van der Waals surface area contributed by atoms with Gasteiger partial charge < -0.3 is 10.6 Å². The zero-order chi connectivity index (χ0) is 20.8. The average molecular weight is 459 g/mol. The molecule has 1 heterocycles. The minimum absolute atomic E-state index is 0.130. The number of hydrogen-bond donors (Lipinski definition) is 2. The predicted octanol–water partition coefficient (Wildman–Crippen LogP) is 5.58. The fraction of sp³-hybridized carbons (Fsp3) is 0.0417. The van der Waals surface area contributed by atoms with E-state index in [1.165, 1.54) is 6.33 Å². The van der Waals surface area contributed by atoms with Gasteiger partial charge in [-0.2, -0.15) is 0 Å². The van der Waals surface area contributed by atoms with Gasteiger partial charge in [0.05, 0.1) is 5.69 Å². The number of hydrogen-bond acceptors (Lipinski definition) is 4. The Labute approximate surface area is 183 Å². The Hall–Kier alpha value is -3.51. The zero-order valence-corrected chi connectivity index (χ0v) is 17.6. The molecule has 6 heteroatoms. The van der Waals surface area contributed by atoms with Gasteiger partial charge in [0.25, 0.3) is 5.91 Å². The highest BCUT2D eigenvalue weighted by molar-refractivity contribution is 9.10.